The van der Waals surface area contributed by atoms with E-state index in [1.54, 1.807) is 0 Å². The molecule has 1 aromatic rings. The Balaban J connectivity index is 0.00000144. The van der Waals surface area contributed by atoms with Crippen molar-refractivity contribution in [3.8, 4) is 0 Å². The lowest BCUT2D eigenvalue weighted by Gasteiger charge is -2.34. The van der Waals surface area contributed by atoms with Gasteiger partial charge in [0, 0.05) is 5.54 Å². The van der Waals surface area contributed by atoms with Crippen molar-refractivity contribution in [3.63, 3.8) is 0 Å². The molecule has 0 aliphatic heterocycles. The fourth-order valence-electron chi connectivity index (χ4n) is 2.68. The van der Waals surface area contributed by atoms with Crippen molar-refractivity contribution < 1.29 is 0 Å². The predicted molar refractivity (Wildman–Crippen MR) is 76.7 cm³/mol. The fraction of sp³-hybridized carbons (Fsp3) is 0.600. The summed E-state index contributed by atoms with van der Waals surface area (Å²) in [5.74, 6) is 0.590. The van der Waals surface area contributed by atoms with E-state index in [1.807, 2.05) is 0 Å². The Labute approximate surface area is 111 Å². The molecule has 0 radical (unpaired) electrons. The van der Waals surface area contributed by atoms with Gasteiger partial charge in [0.2, 0.25) is 0 Å². The summed E-state index contributed by atoms with van der Waals surface area (Å²) in [6.45, 7) is 4.48. The number of benzene rings is 1. The Bertz CT molecular complexity index is 354. The van der Waals surface area contributed by atoms with E-state index in [0.29, 0.717) is 5.92 Å². The molecule has 1 nitrogen and oxygen atoms in total. The first-order chi connectivity index (χ1) is 7.62. The van der Waals surface area contributed by atoms with Crippen LogP contribution in [0.25, 0.3) is 0 Å². The van der Waals surface area contributed by atoms with E-state index in [0.717, 1.165) is 12.8 Å². The van der Waals surface area contributed by atoms with Crippen LogP contribution in [0.15, 0.2) is 24.3 Å². The topological polar surface area (TPSA) is 26.0 Å². The number of hydrogen-bond acceptors (Lipinski definition) is 1. The Hall–Kier alpha value is -0.530. The summed E-state index contributed by atoms with van der Waals surface area (Å²) in [6, 6.07) is 8.89. The van der Waals surface area contributed by atoms with Crippen LogP contribution in [0.1, 0.15) is 63.0 Å². The second-order valence-electron chi connectivity index (χ2n) is 5.50. The summed E-state index contributed by atoms with van der Waals surface area (Å²) in [5.41, 5.74) is 9.25. The van der Waals surface area contributed by atoms with Crippen LogP contribution in [0.2, 0.25) is 0 Å². The zero-order valence-electron chi connectivity index (χ0n) is 10.9. The summed E-state index contributed by atoms with van der Waals surface area (Å²) in [5, 5.41) is 0. The maximum atomic E-state index is 6.55. The van der Waals surface area contributed by atoms with E-state index in [2.05, 4.69) is 38.1 Å². The van der Waals surface area contributed by atoms with Gasteiger partial charge in [0.05, 0.1) is 0 Å². The number of rotatable bonds is 2. The lowest BCUT2D eigenvalue weighted by molar-refractivity contribution is 0.302. The van der Waals surface area contributed by atoms with E-state index in [9.17, 15) is 0 Å². The summed E-state index contributed by atoms with van der Waals surface area (Å²) >= 11 is 0. The van der Waals surface area contributed by atoms with E-state index >= 15 is 0 Å². The minimum atomic E-state index is -0.0524. The van der Waals surface area contributed by atoms with Gasteiger partial charge in [0.25, 0.3) is 0 Å². The van der Waals surface area contributed by atoms with Gasteiger partial charge in [-0.3, -0.25) is 0 Å². The Kier molecular flexibility index (Phi) is 5.03. The van der Waals surface area contributed by atoms with Crippen molar-refractivity contribution in [2.24, 2.45) is 5.73 Å². The van der Waals surface area contributed by atoms with E-state index < -0.39 is 0 Å². The molecule has 0 spiro atoms. The second-order valence-corrected chi connectivity index (χ2v) is 5.50. The summed E-state index contributed by atoms with van der Waals surface area (Å²) in [7, 11) is 0. The largest absolute Gasteiger partial charge is 0.321 e. The average molecular weight is 254 g/mol. The van der Waals surface area contributed by atoms with Crippen LogP contribution in [0.4, 0.5) is 0 Å². The van der Waals surface area contributed by atoms with Gasteiger partial charge in [0.15, 0.2) is 0 Å². The molecule has 17 heavy (non-hydrogen) atoms. The van der Waals surface area contributed by atoms with Crippen molar-refractivity contribution in [1.82, 2.24) is 0 Å². The van der Waals surface area contributed by atoms with Crippen LogP contribution < -0.4 is 5.73 Å². The van der Waals surface area contributed by atoms with Gasteiger partial charge in [-0.25, -0.2) is 0 Å². The molecule has 0 saturated heterocycles. The van der Waals surface area contributed by atoms with E-state index in [1.165, 1.54) is 30.4 Å². The number of halogens is 1. The maximum absolute atomic E-state index is 6.55. The van der Waals surface area contributed by atoms with Crippen molar-refractivity contribution in [3.05, 3.63) is 35.4 Å². The first-order valence-electron chi connectivity index (χ1n) is 6.51. The van der Waals surface area contributed by atoms with Gasteiger partial charge in [-0.2, -0.15) is 0 Å². The monoisotopic (exact) mass is 253 g/mol. The molecule has 96 valence electrons. The highest BCUT2D eigenvalue weighted by molar-refractivity contribution is 5.85. The Morgan fingerprint density at radius 2 is 1.76 bits per heavy atom. The van der Waals surface area contributed by atoms with Crippen LogP contribution in [0.5, 0.6) is 0 Å². The first kappa shape index (κ1) is 14.5. The molecular formula is C15H24ClN. The summed E-state index contributed by atoms with van der Waals surface area (Å²) in [4.78, 5) is 0. The molecular weight excluding hydrogens is 230 g/mol. The highest BCUT2D eigenvalue weighted by Gasteiger charge is 2.29. The minimum absolute atomic E-state index is 0. The second kappa shape index (κ2) is 5.88. The van der Waals surface area contributed by atoms with Crippen molar-refractivity contribution in [2.75, 3.05) is 0 Å². The smallest absolute Gasteiger partial charge is 0.0409 e. The number of nitrogens with two attached hydrogens (primary N) is 1. The van der Waals surface area contributed by atoms with Gasteiger partial charge < -0.3 is 5.73 Å². The maximum Gasteiger partial charge on any atom is 0.0409 e. The van der Waals surface area contributed by atoms with Gasteiger partial charge in [0.1, 0.15) is 0 Å². The molecule has 0 unspecified atom stereocenters. The minimum Gasteiger partial charge on any atom is -0.321 e. The molecule has 2 N–H and O–H groups in total. The van der Waals surface area contributed by atoms with Crippen LogP contribution in [-0.2, 0) is 5.54 Å². The highest BCUT2D eigenvalue weighted by Crippen LogP contribution is 2.35. The third kappa shape index (κ3) is 3.23. The molecule has 0 heterocycles. The molecule has 0 amide bonds. The quantitative estimate of drug-likeness (QED) is 0.833. The van der Waals surface area contributed by atoms with Crippen molar-refractivity contribution in [1.29, 1.82) is 0 Å². The zero-order valence-corrected chi connectivity index (χ0v) is 11.7. The SMILES string of the molecule is CC(C)c1cccc(C2(N)CCCCC2)c1.Cl. The molecule has 1 aromatic carbocycles. The molecule has 1 saturated carbocycles. The Morgan fingerprint density at radius 3 is 2.35 bits per heavy atom. The third-order valence-electron chi connectivity index (χ3n) is 3.87. The fourth-order valence-corrected chi connectivity index (χ4v) is 2.68. The molecule has 0 aromatic heterocycles. The average Bonchev–Trinajstić information content (AvgIpc) is 2.30. The third-order valence-corrected chi connectivity index (χ3v) is 3.87. The van der Waals surface area contributed by atoms with E-state index in [4.69, 9.17) is 5.73 Å². The molecule has 0 bridgehead atoms. The molecule has 1 fully saturated rings. The highest BCUT2D eigenvalue weighted by atomic mass is 35.5. The van der Waals surface area contributed by atoms with Crippen LogP contribution in [-0.4, -0.2) is 0 Å². The lowest BCUT2D eigenvalue weighted by atomic mass is 9.77. The van der Waals surface area contributed by atoms with Gasteiger partial charge in [-0.1, -0.05) is 57.4 Å². The van der Waals surface area contributed by atoms with Crippen molar-refractivity contribution >= 4 is 12.4 Å². The summed E-state index contributed by atoms with van der Waals surface area (Å²) in [6.07, 6.45) is 6.21. The molecule has 0 atom stereocenters. The van der Waals surface area contributed by atoms with Gasteiger partial charge in [-0.05, 0) is 29.9 Å². The molecule has 2 heteroatoms. The molecule has 1 aliphatic carbocycles. The van der Waals surface area contributed by atoms with Crippen LogP contribution >= 0.6 is 12.4 Å². The lowest BCUT2D eigenvalue weighted by Crippen LogP contribution is -2.38. The zero-order chi connectivity index (χ0) is 11.6. The molecule has 1 aliphatic rings. The van der Waals surface area contributed by atoms with Gasteiger partial charge >= 0.3 is 0 Å². The number of hydrogen-bond donors (Lipinski definition) is 1. The van der Waals surface area contributed by atoms with E-state index in [-0.39, 0.29) is 17.9 Å². The van der Waals surface area contributed by atoms with Crippen LogP contribution in [0, 0.1) is 0 Å². The summed E-state index contributed by atoms with van der Waals surface area (Å²) < 4.78 is 0. The first-order valence-corrected chi connectivity index (χ1v) is 6.51. The van der Waals surface area contributed by atoms with Crippen molar-refractivity contribution in [2.45, 2.75) is 57.4 Å². The normalized spacial score (nSPS) is 18.8. The Morgan fingerprint density at radius 1 is 1.12 bits per heavy atom. The van der Waals surface area contributed by atoms with Gasteiger partial charge in [-0.15, -0.1) is 12.4 Å². The van der Waals surface area contributed by atoms with Crippen LogP contribution in [0.3, 0.4) is 0 Å². The molecule has 2 rings (SSSR count). The predicted octanol–water partition coefficient (Wildman–Crippen LogP) is 4.35. The standard InChI is InChI=1S/C15H23N.ClH/c1-12(2)13-7-6-8-14(11-13)15(16)9-4-3-5-10-15;/h6-8,11-12H,3-5,9-10,16H2,1-2H3;1H.